The lowest BCUT2D eigenvalue weighted by atomic mass is 9.91. The highest BCUT2D eigenvalue weighted by atomic mass is 16.5. The third-order valence-corrected chi connectivity index (χ3v) is 3.36. The number of nitrogens with zero attached hydrogens (tertiary/aromatic N) is 3. The van der Waals surface area contributed by atoms with Crippen LogP contribution in [-0.4, -0.2) is 50.4 Å². The second kappa shape index (κ2) is 4.51. The first-order valence-electron chi connectivity index (χ1n) is 5.94. The van der Waals surface area contributed by atoms with Gasteiger partial charge in [0, 0.05) is 13.2 Å². The number of aromatic amines is 1. The molecule has 0 bridgehead atoms. The highest BCUT2D eigenvalue weighted by Crippen LogP contribution is 2.26. The molecule has 1 aliphatic heterocycles. The summed E-state index contributed by atoms with van der Waals surface area (Å²) in [6.45, 7) is 1.34. The monoisotopic (exact) mass is 249 g/mol. The number of aromatic nitrogens is 4. The molecule has 3 heterocycles. The Hall–Kier alpha value is -1.73. The quantitative estimate of drug-likeness (QED) is 0.724. The maximum Gasteiger partial charge on any atom is 0.182 e. The van der Waals surface area contributed by atoms with Gasteiger partial charge in [0.15, 0.2) is 11.5 Å². The van der Waals surface area contributed by atoms with Crippen LogP contribution in [-0.2, 0) is 4.74 Å². The third kappa shape index (κ3) is 1.91. The Kier molecular flexibility index (Phi) is 2.85. The van der Waals surface area contributed by atoms with Crippen LogP contribution in [0.3, 0.4) is 0 Å². The SMILES string of the molecule is OCC1(Nc2ncnc3nc[nH]c23)CCOCC1. The minimum absolute atomic E-state index is 0.0516. The van der Waals surface area contributed by atoms with E-state index in [1.807, 2.05) is 0 Å². The summed E-state index contributed by atoms with van der Waals surface area (Å²) in [5.74, 6) is 0.674. The van der Waals surface area contributed by atoms with Gasteiger partial charge in [-0.2, -0.15) is 0 Å². The Morgan fingerprint density at radius 3 is 2.94 bits per heavy atom. The number of imidazole rings is 1. The van der Waals surface area contributed by atoms with E-state index in [9.17, 15) is 5.11 Å². The normalized spacial score (nSPS) is 18.9. The van der Waals surface area contributed by atoms with Gasteiger partial charge in [-0.15, -0.1) is 0 Å². The topological polar surface area (TPSA) is 96.0 Å². The van der Waals surface area contributed by atoms with Crippen LogP contribution in [0.2, 0.25) is 0 Å². The molecule has 3 N–H and O–H groups in total. The van der Waals surface area contributed by atoms with E-state index in [4.69, 9.17) is 4.74 Å². The van der Waals surface area contributed by atoms with Crippen LogP contribution in [0.4, 0.5) is 5.82 Å². The molecule has 0 spiro atoms. The van der Waals surface area contributed by atoms with Gasteiger partial charge in [-0.05, 0) is 12.8 Å². The van der Waals surface area contributed by atoms with Crippen molar-refractivity contribution in [2.75, 3.05) is 25.1 Å². The standard InChI is InChI=1S/C11H15N5O2/c17-5-11(1-3-18-4-2-11)16-10-8-9(13-6-12-8)14-7-15-10/h6-7,17H,1-5H2,(H2,12,13,14,15,16). The van der Waals surface area contributed by atoms with Crippen molar-refractivity contribution in [1.82, 2.24) is 19.9 Å². The fourth-order valence-electron chi connectivity index (χ4n) is 2.20. The van der Waals surface area contributed by atoms with Crippen LogP contribution in [0.15, 0.2) is 12.7 Å². The second-order valence-electron chi connectivity index (χ2n) is 4.50. The number of ether oxygens (including phenoxy) is 1. The van der Waals surface area contributed by atoms with Crippen LogP contribution >= 0.6 is 0 Å². The van der Waals surface area contributed by atoms with Gasteiger partial charge in [-0.3, -0.25) is 0 Å². The van der Waals surface area contributed by atoms with Crippen molar-refractivity contribution in [2.24, 2.45) is 0 Å². The Balaban J connectivity index is 1.92. The number of nitrogens with one attached hydrogen (secondary N) is 2. The third-order valence-electron chi connectivity index (χ3n) is 3.36. The van der Waals surface area contributed by atoms with E-state index in [1.54, 1.807) is 6.33 Å². The zero-order chi connectivity index (χ0) is 12.4. The first-order chi connectivity index (χ1) is 8.83. The van der Waals surface area contributed by atoms with Gasteiger partial charge in [-0.25, -0.2) is 15.0 Å². The van der Waals surface area contributed by atoms with E-state index < -0.39 is 0 Å². The van der Waals surface area contributed by atoms with E-state index >= 15 is 0 Å². The summed E-state index contributed by atoms with van der Waals surface area (Å²) in [6.07, 6.45) is 4.56. The van der Waals surface area contributed by atoms with Crippen LogP contribution in [0.25, 0.3) is 11.2 Å². The molecular weight excluding hydrogens is 234 g/mol. The summed E-state index contributed by atoms with van der Waals surface area (Å²) in [7, 11) is 0. The molecular formula is C11H15N5O2. The molecule has 96 valence electrons. The van der Waals surface area contributed by atoms with Crippen LogP contribution in [0, 0.1) is 0 Å². The van der Waals surface area contributed by atoms with Crippen molar-refractivity contribution in [2.45, 2.75) is 18.4 Å². The molecule has 1 aliphatic rings. The van der Waals surface area contributed by atoms with Gasteiger partial charge < -0.3 is 20.1 Å². The molecule has 7 heteroatoms. The number of rotatable bonds is 3. The van der Waals surface area contributed by atoms with Crippen molar-refractivity contribution in [3.8, 4) is 0 Å². The molecule has 0 radical (unpaired) electrons. The van der Waals surface area contributed by atoms with Crippen molar-refractivity contribution in [1.29, 1.82) is 0 Å². The predicted octanol–water partition coefficient (Wildman–Crippen LogP) is 0.306. The van der Waals surface area contributed by atoms with E-state index in [0.29, 0.717) is 24.7 Å². The average molecular weight is 249 g/mol. The van der Waals surface area contributed by atoms with Gasteiger partial charge in [0.05, 0.1) is 18.5 Å². The zero-order valence-electron chi connectivity index (χ0n) is 9.89. The van der Waals surface area contributed by atoms with Gasteiger partial charge >= 0.3 is 0 Å². The Morgan fingerprint density at radius 1 is 1.33 bits per heavy atom. The fourth-order valence-corrected chi connectivity index (χ4v) is 2.20. The van der Waals surface area contributed by atoms with Gasteiger partial charge in [0.1, 0.15) is 11.8 Å². The van der Waals surface area contributed by atoms with Crippen LogP contribution < -0.4 is 5.32 Å². The minimum Gasteiger partial charge on any atom is -0.394 e. The molecule has 0 aromatic carbocycles. The fraction of sp³-hybridized carbons (Fsp3) is 0.545. The molecule has 1 fully saturated rings. The number of anilines is 1. The van der Waals surface area contributed by atoms with Crippen LogP contribution in [0.1, 0.15) is 12.8 Å². The Labute approximate surface area is 104 Å². The smallest absolute Gasteiger partial charge is 0.182 e. The number of H-pyrrole nitrogens is 1. The van der Waals surface area contributed by atoms with E-state index in [1.165, 1.54) is 6.33 Å². The van der Waals surface area contributed by atoms with Gasteiger partial charge in [0.25, 0.3) is 0 Å². The highest BCUT2D eigenvalue weighted by molar-refractivity contribution is 5.82. The van der Waals surface area contributed by atoms with Crippen molar-refractivity contribution >= 4 is 17.0 Å². The Bertz CT molecular complexity index is 535. The van der Waals surface area contributed by atoms with E-state index in [0.717, 1.165) is 18.4 Å². The molecule has 3 rings (SSSR count). The lowest BCUT2D eigenvalue weighted by molar-refractivity contribution is 0.0379. The number of aliphatic hydroxyl groups excluding tert-OH is 1. The lowest BCUT2D eigenvalue weighted by Crippen LogP contribution is -2.47. The maximum atomic E-state index is 9.64. The average Bonchev–Trinajstić information content (AvgIpc) is 2.89. The number of fused-ring (bicyclic) bond motifs is 1. The number of aliphatic hydroxyl groups is 1. The van der Waals surface area contributed by atoms with Gasteiger partial charge in [0.2, 0.25) is 0 Å². The Morgan fingerprint density at radius 2 is 2.17 bits per heavy atom. The first kappa shape index (κ1) is 11.4. The molecule has 2 aromatic rings. The summed E-state index contributed by atoms with van der Waals surface area (Å²) in [5.41, 5.74) is 1.01. The molecule has 0 amide bonds. The van der Waals surface area contributed by atoms with Gasteiger partial charge in [-0.1, -0.05) is 0 Å². The molecule has 7 nitrogen and oxygen atoms in total. The zero-order valence-corrected chi connectivity index (χ0v) is 9.89. The second-order valence-corrected chi connectivity index (χ2v) is 4.50. The van der Waals surface area contributed by atoms with Crippen LogP contribution in [0.5, 0.6) is 0 Å². The largest absolute Gasteiger partial charge is 0.394 e. The number of hydrogen-bond donors (Lipinski definition) is 3. The minimum atomic E-state index is -0.370. The predicted molar refractivity (Wildman–Crippen MR) is 65.2 cm³/mol. The summed E-state index contributed by atoms with van der Waals surface area (Å²) in [4.78, 5) is 15.4. The molecule has 0 saturated carbocycles. The number of hydrogen-bond acceptors (Lipinski definition) is 6. The summed E-state index contributed by atoms with van der Waals surface area (Å²) < 4.78 is 5.33. The van der Waals surface area contributed by atoms with E-state index in [2.05, 4.69) is 25.3 Å². The summed E-state index contributed by atoms with van der Waals surface area (Å²) >= 11 is 0. The van der Waals surface area contributed by atoms with Crippen molar-refractivity contribution < 1.29 is 9.84 Å². The lowest BCUT2D eigenvalue weighted by Gasteiger charge is -2.36. The molecule has 0 aliphatic carbocycles. The summed E-state index contributed by atoms with van der Waals surface area (Å²) in [5, 5.41) is 13.0. The highest BCUT2D eigenvalue weighted by Gasteiger charge is 2.32. The molecule has 2 aromatic heterocycles. The molecule has 1 saturated heterocycles. The molecule has 18 heavy (non-hydrogen) atoms. The summed E-state index contributed by atoms with van der Waals surface area (Å²) in [6, 6.07) is 0. The maximum absolute atomic E-state index is 9.64. The first-order valence-corrected chi connectivity index (χ1v) is 5.94. The van der Waals surface area contributed by atoms with Crippen molar-refractivity contribution in [3.63, 3.8) is 0 Å². The molecule has 0 atom stereocenters. The van der Waals surface area contributed by atoms with Crippen molar-refractivity contribution in [3.05, 3.63) is 12.7 Å². The van der Waals surface area contributed by atoms with E-state index in [-0.39, 0.29) is 12.1 Å². The molecule has 0 unspecified atom stereocenters.